The minimum absolute atomic E-state index is 0.202. The van der Waals surface area contributed by atoms with Gasteiger partial charge in [0.1, 0.15) is 0 Å². The number of hydrogen-bond acceptors (Lipinski definition) is 2. The van der Waals surface area contributed by atoms with Gasteiger partial charge in [0.15, 0.2) is 0 Å². The Kier molecular flexibility index (Phi) is 5.04. The smallest absolute Gasteiger partial charge is 0.223 e. The first-order chi connectivity index (χ1) is 8.66. The zero-order valence-electron chi connectivity index (χ0n) is 11.7. The quantitative estimate of drug-likeness (QED) is 0.810. The van der Waals surface area contributed by atoms with E-state index in [9.17, 15) is 4.79 Å². The summed E-state index contributed by atoms with van der Waals surface area (Å²) < 4.78 is 0. The molecule has 0 aromatic carbocycles. The monoisotopic (exact) mass is 252 g/mol. The lowest BCUT2D eigenvalue weighted by molar-refractivity contribution is -0.127. The molecule has 3 heteroatoms. The van der Waals surface area contributed by atoms with Crippen molar-refractivity contribution in [3.63, 3.8) is 0 Å². The van der Waals surface area contributed by atoms with Gasteiger partial charge in [-0.3, -0.25) is 4.79 Å². The molecular formula is C15H28N2O. The molecule has 1 amide bonds. The van der Waals surface area contributed by atoms with E-state index < -0.39 is 0 Å². The van der Waals surface area contributed by atoms with Crippen molar-refractivity contribution in [3.8, 4) is 0 Å². The van der Waals surface area contributed by atoms with Gasteiger partial charge in [0.05, 0.1) is 0 Å². The first-order valence-electron chi connectivity index (χ1n) is 7.70. The number of rotatable bonds is 3. The van der Waals surface area contributed by atoms with Gasteiger partial charge in [-0.2, -0.15) is 0 Å². The lowest BCUT2D eigenvalue weighted by Gasteiger charge is -2.32. The first-order valence-corrected chi connectivity index (χ1v) is 7.70. The second-order valence-electron chi connectivity index (χ2n) is 6.41. The zero-order chi connectivity index (χ0) is 13.0. The molecule has 104 valence electrons. The third-order valence-electron chi connectivity index (χ3n) is 4.84. The Bertz CT molecular complexity index is 274. The van der Waals surface area contributed by atoms with Crippen LogP contribution in [0.1, 0.15) is 58.3 Å². The van der Waals surface area contributed by atoms with Crippen LogP contribution >= 0.6 is 0 Å². The highest BCUT2D eigenvalue weighted by atomic mass is 16.1. The molecule has 0 aromatic rings. The molecule has 3 nitrogen and oxygen atoms in total. The third kappa shape index (κ3) is 3.71. The molecule has 0 saturated heterocycles. The zero-order valence-corrected chi connectivity index (χ0v) is 11.7. The molecule has 0 radical (unpaired) electrons. The van der Waals surface area contributed by atoms with Gasteiger partial charge in [-0.05, 0) is 43.9 Å². The lowest BCUT2D eigenvalue weighted by atomic mass is 9.77. The predicted octanol–water partition coefficient (Wildman–Crippen LogP) is 2.45. The number of nitrogens with two attached hydrogens (primary N) is 1. The topological polar surface area (TPSA) is 55.1 Å². The average Bonchev–Trinajstić information content (AvgIpc) is 2.37. The van der Waals surface area contributed by atoms with E-state index in [4.69, 9.17) is 5.73 Å². The highest BCUT2D eigenvalue weighted by Gasteiger charge is 2.31. The summed E-state index contributed by atoms with van der Waals surface area (Å²) in [4.78, 5) is 12.2. The number of hydrogen-bond donors (Lipinski definition) is 2. The minimum Gasteiger partial charge on any atom is -0.356 e. The Morgan fingerprint density at radius 3 is 2.56 bits per heavy atom. The molecule has 0 spiro atoms. The van der Waals surface area contributed by atoms with Gasteiger partial charge < -0.3 is 11.1 Å². The van der Waals surface area contributed by atoms with Gasteiger partial charge in [-0.25, -0.2) is 0 Å². The lowest BCUT2D eigenvalue weighted by Crippen LogP contribution is -2.42. The molecule has 18 heavy (non-hydrogen) atoms. The molecule has 3 unspecified atom stereocenters. The van der Waals surface area contributed by atoms with Crippen molar-refractivity contribution < 1.29 is 4.79 Å². The van der Waals surface area contributed by atoms with Crippen molar-refractivity contribution in [2.45, 2.75) is 64.3 Å². The van der Waals surface area contributed by atoms with E-state index in [0.29, 0.717) is 12.0 Å². The van der Waals surface area contributed by atoms with Crippen molar-refractivity contribution in [1.82, 2.24) is 5.32 Å². The van der Waals surface area contributed by atoms with Crippen LogP contribution < -0.4 is 11.1 Å². The average molecular weight is 252 g/mol. The van der Waals surface area contributed by atoms with Crippen LogP contribution in [0.15, 0.2) is 0 Å². The molecule has 3 N–H and O–H groups in total. The van der Waals surface area contributed by atoms with Gasteiger partial charge in [0, 0.05) is 18.5 Å². The van der Waals surface area contributed by atoms with Crippen LogP contribution in [-0.2, 0) is 4.79 Å². The molecular weight excluding hydrogens is 224 g/mol. The van der Waals surface area contributed by atoms with Gasteiger partial charge in [0.25, 0.3) is 0 Å². The summed E-state index contributed by atoms with van der Waals surface area (Å²) in [5.41, 5.74) is 5.95. The Morgan fingerprint density at radius 1 is 1.17 bits per heavy atom. The first kappa shape index (κ1) is 13.9. The number of amides is 1. The largest absolute Gasteiger partial charge is 0.356 e. The van der Waals surface area contributed by atoms with E-state index in [2.05, 4.69) is 12.2 Å². The fraction of sp³-hybridized carbons (Fsp3) is 0.933. The van der Waals surface area contributed by atoms with Crippen LogP contribution in [0.3, 0.4) is 0 Å². The van der Waals surface area contributed by atoms with Crippen molar-refractivity contribution >= 4 is 5.91 Å². The van der Waals surface area contributed by atoms with Crippen molar-refractivity contribution in [2.75, 3.05) is 6.54 Å². The SMILES string of the molecule is CC1CC(N)CCC1C(=O)NCC1CCCCC1. The van der Waals surface area contributed by atoms with E-state index in [1.165, 1.54) is 32.1 Å². The molecule has 2 saturated carbocycles. The number of carbonyl (C=O) groups excluding carboxylic acids is 1. The summed E-state index contributed by atoms with van der Waals surface area (Å²) in [5, 5.41) is 3.19. The van der Waals surface area contributed by atoms with Crippen LogP contribution in [0.2, 0.25) is 0 Å². The molecule has 2 rings (SSSR count). The number of nitrogens with one attached hydrogen (secondary N) is 1. The molecule has 0 bridgehead atoms. The Morgan fingerprint density at radius 2 is 1.89 bits per heavy atom. The van der Waals surface area contributed by atoms with E-state index >= 15 is 0 Å². The molecule has 0 aromatic heterocycles. The highest BCUT2D eigenvalue weighted by Crippen LogP contribution is 2.29. The van der Waals surface area contributed by atoms with Gasteiger partial charge >= 0.3 is 0 Å². The van der Waals surface area contributed by atoms with E-state index in [1.54, 1.807) is 0 Å². The maximum Gasteiger partial charge on any atom is 0.223 e. The molecule has 2 aliphatic rings. The molecule has 0 aliphatic heterocycles. The summed E-state index contributed by atoms with van der Waals surface area (Å²) in [7, 11) is 0. The number of carbonyl (C=O) groups is 1. The molecule has 2 aliphatic carbocycles. The van der Waals surface area contributed by atoms with Gasteiger partial charge in [0.2, 0.25) is 5.91 Å². The Labute approximate surface area is 111 Å². The van der Waals surface area contributed by atoms with E-state index in [0.717, 1.165) is 31.7 Å². The summed E-state index contributed by atoms with van der Waals surface area (Å²) in [6, 6.07) is 0.308. The van der Waals surface area contributed by atoms with Gasteiger partial charge in [-0.1, -0.05) is 26.2 Å². The summed E-state index contributed by atoms with van der Waals surface area (Å²) >= 11 is 0. The van der Waals surface area contributed by atoms with Crippen LogP contribution in [0.25, 0.3) is 0 Å². The van der Waals surface area contributed by atoms with Crippen LogP contribution in [-0.4, -0.2) is 18.5 Å². The van der Waals surface area contributed by atoms with Crippen LogP contribution in [0.4, 0.5) is 0 Å². The Balaban J connectivity index is 1.73. The standard InChI is InChI=1S/C15H28N2O/c1-11-9-13(16)7-8-14(11)15(18)17-10-12-5-3-2-4-6-12/h11-14H,2-10,16H2,1H3,(H,17,18). The fourth-order valence-electron chi connectivity index (χ4n) is 3.59. The normalized spacial score (nSPS) is 34.2. The van der Waals surface area contributed by atoms with Crippen molar-refractivity contribution in [3.05, 3.63) is 0 Å². The predicted molar refractivity (Wildman–Crippen MR) is 74.1 cm³/mol. The van der Waals surface area contributed by atoms with E-state index in [1.807, 2.05) is 0 Å². The Hall–Kier alpha value is -0.570. The second kappa shape index (κ2) is 6.55. The molecule has 2 fully saturated rings. The molecule has 3 atom stereocenters. The minimum atomic E-state index is 0.202. The summed E-state index contributed by atoms with van der Waals surface area (Å²) in [6.07, 6.45) is 9.63. The second-order valence-corrected chi connectivity index (χ2v) is 6.41. The van der Waals surface area contributed by atoms with Crippen molar-refractivity contribution in [2.24, 2.45) is 23.5 Å². The van der Waals surface area contributed by atoms with Crippen molar-refractivity contribution in [1.29, 1.82) is 0 Å². The summed E-state index contributed by atoms with van der Waals surface area (Å²) in [5.74, 6) is 1.65. The maximum absolute atomic E-state index is 12.2. The highest BCUT2D eigenvalue weighted by molar-refractivity contribution is 5.79. The summed E-state index contributed by atoms with van der Waals surface area (Å²) in [6.45, 7) is 3.07. The third-order valence-corrected chi connectivity index (χ3v) is 4.84. The maximum atomic E-state index is 12.2. The van der Waals surface area contributed by atoms with Crippen LogP contribution in [0, 0.1) is 17.8 Å². The van der Waals surface area contributed by atoms with E-state index in [-0.39, 0.29) is 11.8 Å². The van der Waals surface area contributed by atoms with Gasteiger partial charge in [-0.15, -0.1) is 0 Å². The molecule has 0 heterocycles. The van der Waals surface area contributed by atoms with Crippen LogP contribution in [0.5, 0.6) is 0 Å². The fourth-order valence-corrected chi connectivity index (χ4v) is 3.59.